The van der Waals surface area contributed by atoms with Crippen LogP contribution in [-0.2, 0) is 16.2 Å². The molecule has 0 spiro atoms. The van der Waals surface area contributed by atoms with Gasteiger partial charge < -0.3 is 14.8 Å². The molecule has 2 aliphatic rings. The first-order chi connectivity index (χ1) is 18.0. The molecular weight excluding hydrogens is 464 g/mol. The maximum absolute atomic E-state index is 13.8. The zero-order valence-corrected chi connectivity index (χ0v) is 21.1. The summed E-state index contributed by atoms with van der Waals surface area (Å²) in [4.78, 5) is 31.8. The van der Waals surface area contributed by atoms with Crippen molar-refractivity contribution in [3.05, 3.63) is 101 Å². The van der Waals surface area contributed by atoms with Gasteiger partial charge in [-0.3, -0.25) is 14.6 Å². The van der Waals surface area contributed by atoms with Crippen LogP contribution in [0.5, 0.6) is 11.5 Å². The van der Waals surface area contributed by atoms with Crippen molar-refractivity contribution in [2.24, 2.45) is 10.9 Å². The minimum atomic E-state index is -0.643. The van der Waals surface area contributed by atoms with Gasteiger partial charge in [-0.2, -0.15) is 0 Å². The van der Waals surface area contributed by atoms with Crippen molar-refractivity contribution in [2.45, 2.75) is 38.7 Å². The number of ether oxygens (including phenoxy) is 2. The van der Waals surface area contributed by atoms with Crippen LogP contribution < -0.4 is 14.8 Å². The highest BCUT2D eigenvalue weighted by atomic mass is 16.5. The first-order valence-electron chi connectivity index (χ1n) is 12.6. The molecule has 1 aliphatic heterocycles. The van der Waals surface area contributed by atoms with Crippen molar-refractivity contribution >= 4 is 23.1 Å². The van der Waals surface area contributed by atoms with Crippen LogP contribution >= 0.6 is 0 Å². The van der Waals surface area contributed by atoms with E-state index in [2.05, 4.69) is 5.32 Å². The normalized spacial score (nSPS) is 19.1. The van der Waals surface area contributed by atoms with Crippen LogP contribution in [0.1, 0.15) is 43.2 Å². The molecule has 1 aliphatic carbocycles. The number of hydrogen-bond acceptors (Lipinski definition) is 5. The third kappa shape index (κ3) is 5.19. The number of carbonyl (C=O) groups excluding carboxylic acids is 2. The van der Waals surface area contributed by atoms with Gasteiger partial charge in [0.1, 0.15) is 18.1 Å². The Balaban J connectivity index is 1.50. The standard InChI is InChI=1S/C31H30N2O4/c1-20-28(31(35)33-24-14-6-7-17-27(24)36-2)29(30-25(32-20)15-9-16-26(30)34)22-12-8-13-23(18-22)37-19-21-10-4-3-5-11-21/h3-8,10-14,17-18,28-29H,9,15-16,19H2,1-2H3,(H,33,35)/t28?,29-/m0/s1. The number of allylic oxidation sites excluding steroid dienone is 2. The highest BCUT2D eigenvalue weighted by Crippen LogP contribution is 2.44. The number of ketones is 1. The second-order valence-electron chi connectivity index (χ2n) is 9.38. The number of methoxy groups -OCH3 is 1. The van der Waals surface area contributed by atoms with E-state index in [-0.39, 0.29) is 11.7 Å². The lowest BCUT2D eigenvalue weighted by Gasteiger charge is -2.35. The highest BCUT2D eigenvalue weighted by molar-refractivity contribution is 6.13. The smallest absolute Gasteiger partial charge is 0.234 e. The minimum absolute atomic E-state index is 0.0631. The molecule has 1 N–H and O–H groups in total. The van der Waals surface area contributed by atoms with E-state index < -0.39 is 11.8 Å². The quantitative estimate of drug-likeness (QED) is 0.431. The van der Waals surface area contributed by atoms with E-state index >= 15 is 0 Å². The fourth-order valence-electron chi connectivity index (χ4n) is 5.20. The first-order valence-corrected chi connectivity index (χ1v) is 12.6. The third-order valence-corrected chi connectivity index (χ3v) is 6.95. The molecule has 6 heteroatoms. The van der Waals surface area contributed by atoms with Crippen molar-refractivity contribution in [1.82, 2.24) is 0 Å². The molecule has 37 heavy (non-hydrogen) atoms. The van der Waals surface area contributed by atoms with Crippen LogP contribution in [0.25, 0.3) is 0 Å². The van der Waals surface area contributed by atoms with E-state index in [0.29, 0.717) is 41.5 Å². The fourth-order valence-corrected chi connectivity index (χ4v) is 5.20. The second kappa shape index (κ2) is 10.8. The Labute approximate surface area is 217 Å². The molecule has 188 valence electrons. The molecule has 0 saturated carbocycles. The summed E-state index contributed by atoms with van der Waals surface area (Å²) in [6.45, 7) is 2.30. The minimum Gasteiger partial charge on any atom is -0.495 e. The van der Waals surface area contributed by atoms with E-state index in [1.165, 1.54) is 0 Å². The predicted molar refractivity (Wildman–Crippen MR) is 144 cm³/mol. The topological polar surface area (TPSA) is 77.0 Å². The Morgan fingerprint density at radius 1 is 1.00 bits per heavy atom. The van der Waals surface area contributed by atoms with Crippen molar-refractivity contribution in [2.75, 3.05) is 12.4 Å². The van der Waals surface area contributed by atoms with E-state index in [1.807, 2.05) is 73.7 Å². The van der Waals surface area contributed by atoms with E-state index in [1.54, 1.807) is 19.2 Å². The van der Waals surface area contributed by atoms with Gasteiger partial charge >= 0.3 is 0 Å². The van der Waals surface area contributed by atoms with Crippen LogP contribution in [0.4, 0.5) is 5.69 Å². The first kappa shape index (κ1) is 24.5. The van der Waals surface area contributed by atoms with Gasteiger partial charge in [0.05, 0.1) is 18.7 Å². The molecule has 5 rings (SSSR count). The number of hydrogen-bond donors (Lipinski definition) is 1. The number of carbonyl (C=O) groups is 2. The zero-order chi connectivity index (χ0) is 25.8. The Kier molecular flexibility index (Phi) is 7.17. The molecular formula is C31H30N2O4. The lowest BCUT2D eigenvalue weighted by atomic mass is 9.71. The number of Topliss-reactive ketones (excluding diaryl/α,β-unsaturated/α-hetero) is 1. The zero-order valence-electron chi connectivity index (χ0n) is 21.1. The fraction of sp³-hybridized carbons (Fsp3) is 0.258. The van der Waals surface area contributed by atoms with Gasteiger partial charge in [0, 0.05) is 29.3 Å². The van der Waals surface area contributed by atoms with Gasteiger partial charge in [0.15, 0.2) is 5.78 Å². The highest BCUT2D eigenvalue weighted by Gasteiger charge is 2.42. The molecule has 1 heterocycles. The predicted octanol–water partition coefficient (Wildman–Crippen LogP) is 6.09. The lowest BCUT2D eigenvalue weighted by molar-refractivity contribution is -0.119. The molecule has 2 atom stereocenters. The van der Waals surface area contributed by atoms with Crippen LogP contribution in [-0.4, -0.2) is 24.5 Å². The van der Waals surface area contributed by atoms with E-state index in [0.717, 1.165) is 29.7 Å². The molecule has 0 bridgehead atoms. The molecule has 3 aromatic rings. The Morgan fingerprint density at radius 3 is 2.59 bits per heavy atom. The Bertz CT molecular complexity index is 1380. The van der Waals surface area contributed by atoms with Gasteiger partial charge in [0.2, 0.25) is 5.91 Å². The summed E-state index contributed by atoms with van der Waals surface area (Å²) in [5, 5.41) is 3.02. The number of amides is 1. The number of rotatable bonds is 7. The number of anilines is 1. The Morgan fingerprint density at radius 2 is 1.78 bits per heavy atom. The summed E-state index contributed by atoms with van der Waals surface area (Å²) in [6.07, 6.45) is 1.98. The summed E-state index contributed by atoms with van der Waals surface area (Å²) < 4.78 is 11.5. The summed E-state index contributed by atoms with van der Waals surface area (Å²) >= 11 is 0. The number of nitrogens with one attached hydrogen (secondary N) is 1. The maximum atomic E-state index is 13.8. The van der Waals surface area contributed by atoms with Gasteiger partial charge in [-0.25, -0.2) is 0 Å². The monoisotopic (exact) mass is 494 g/mol. The van der Waals surface area contributed by atoms with E-state index in [4.69, 9.17) is 14.5 Å². The van der Waals surface area contributed by atoms with Gasteiger partial charge in [-0.1, -0.05) is 54.6 Å². The van der Waals surface area contributed by atoms with Crippen LogP contribution in [0.3, 0.4) is 0 Å². The molecule has 0 aromatic heterocycles. The third-order valence-electron chi connectivity index (χ3n) is 6.95. The van der Waals surface area contributed by atoms with Crippen molar-refractivity contribution < 1.29 is 19.1 Å². The second-order valence-corrected chi connectivity index (χ2v) is 9.38. The van der Waals surface area contributed by atoms with Crippen molar-refractivity contribution in [3.8, 4) is 11.5 Å². The molecule has 0 saturated heterocycles. The summed E-state index contributed by atoms with van der Waals surface area (Å²) in [7, 11) is 1.57. The molecule has 3 aromatic carbocycles. The number of aliphatic imine (C=N–C) groups is 1. The van der Waals surface area contributed by atoms with Crippen molar-refractivity contribution in [3.63, 3.8) is 0 Å². The molecule has 6 nitrogen and oxygen atoms in total. The van der Waals surface area contributed by atoms with E-state index in [9.17, 15) is 9.59 Å². The summed E-state index contributed by atoms with van der Waals surface area (Å²) in [6, 6.07) is 25.0. The molecule has 0 fully saturated rings. The molecule has 0 radical (unpaired) electrons. The molecule has 1 unspecified atom stereocenters. The average molecular weight is 495 g/mol. The largest absolute Gasteiger partial charge is 0.495 e. The van der Waals surface area contributed by atoms with Gasteiger partial charge in [-0.05, 0) is 55.2 Å². The maximum Gasteiger partial charge on any atom is 0.234 e. The van der Waals surface area contributed by atoms with Gasteiger partial charge in [-0.15, -0.1) is 0 Å². The SMILES string of the molecule is COc1ccccc1NC(=O)C1C(C)=NC2=C(C(=O)CCC2)[C@H]1c1cccc(OCc2ccccc2)c1. The number of nitrogens with zero attached hydrogens (tertiary/aromatic N) is 1. The lowest BCUT2D eigenvalue weighted by Crippen LogP contribution is -2.39. The number of benzene rings is 3. The summed E-state index contributed by atoms with van der Waals surface area (Å²) in [5.74, 6) is 0.00780. The Hall–Kier alpha value is -4.19. The van der Waals surface area contributed by atoms with Crippen LogP contribution in [0.15, 0.2) is 95.1 Å². The van der Waals surface area contributed by atoms with Crippen LogP contribution in [0.2, 0.25) is 0 Å². The van der Waals surface area contributed by atoms with Crippen molar-refractivity contribution in [1.29, 1.82) is 0 Å². The molecule has 1 amide bonds. The van der Waals surface area contributed by atoms with Crippen LogP contribution in [0, 0.1) is 5.92 Å². The number of para-hydroxylation sites is 2. The summed E-state index contributed by atoms with van der Waals surface area (Å²) in [5.41, 5.74) is 4.66. The van der Waals surface area contributed by atoms with Gasteiger partial charge in [0.25, 0.3) is 0 Å². The average Bonchev–Trinajstić information content (AvgIpc) is 2.92.